The fourth-order valence-corrected chi connectivity index (χ4v) is 2.61. The Kier molecular flexibility index (Phi) is 4.77. The molecule has 0 heterocycles. The molecule has 3 heteroatoms. The minimum atomic E-state index is 0.0576. The van der Waals surface area contributed by atoms with E-state index in [4.69, 9.17) is 4.74 Å². The van der Waals surface area contributed by atoms with Gasteiger partial charge < -0.3 is 9.64 Å². The highest BCUT2D eigenvalue weighted by Gasteiger charge is 2.31. The Morgan fingerprint density at radius 3 is 2.52 bits per heavy atom. The van der Waals surface area contributed by atoms with Gasteiger partial charge in [0, 0.05) is 24.2 Å². The van der Waals surface area contributed by atoms with Gasteiger partial charge in [-0.2, -0.15) is 0 Å². The molecule has 0 aromatic heterocycles. The Labute approximate surface area is 137 Å². The van der Waals surface area contributed by atoms with E-state index in [1.54, 1.807) is 13.2 Å². The Hall–Kier alpha value is -2.55. The van der Waals surface area contributed by atoms with Crippen molar-refractivity contribution >= 4 is 12.0 Å². The summed E-state index contributed by atoms with van der Waals surface area (Å²) >= 11 is 0. The van der Waals surface area contributed by atoms with Crippen LogP contribution < -0.4 is 4.74 Å². The number of para-hydroxylation sites is 1. The van der Waals surface area contributed by atoms with Gasteiger partial charge in [-0.15, -0.1) is 0 Å². The van der Waals surface area contributed by atoms with Crippen molar-refractivity contribution in [2.24, 2.45) is 0 Å². The molecule has 3 rings (SSSR count). The lowest BCUT2D eigenvalue weighted by Crippen LogP contribution is -2.31. The molecule has 0 bridgehead atoms. The van der Waals surface area contributed by atoms with Gasteiger partial charge in [0.2, 0.25) is 5.91 Å². The summed E-state index contributed by atoms with van der Waals surface area (Å²) < 4.78 is 5.32. The smallest absolute Gasteiger partial charge is 0.247 e. The van der Waals surface area contributed by atoms with Crippen LogP contribution in [0.5, 0.6) is 5.75 Å². The molecule has 0 unspecified atom stereocenters. The van der Waals surface area contributed by atoms with Crippen molar-refractivity contribution < 1.29 is 9.53 Å². The minimum absolute atomic E-state index is 0.0576. The largest absolute Gasteiger partial charge is 0.496 e. The molecular weight excluding hydrogens is 286 g/mol. The van der Waals surface area contributed by atoms with Crippen LogP contribution in [0.15, 0.2) is 60.7 Å². The van der Waals surface area contributed by atoms with Gasteiger partial charge in [0.25, 0.3) is 0 Å². The maximum atomic E-state index is 12.6. The maximum Gasteiger partial charge on any atom is 0.247 e. The molecule has 1 aliphatic carbocycles. The summed E-state index contributed by atoms with van der Waals surface area (Å²) in [7, 11) is 1.64. The zero-order chi connectivity index (χ0) is 16.1. The molecule has 0 spiro atoms. The third-order valence-electron chi connectivity index (χ3n) is 4.01. The van der Waals surface area contributed by atoms with Gasteiger partial charge in [0.15, 0.2) is 0 Å². The van der Waals surface area contributed by atoms with E-state index in [-0.39, 0.29) is 5.91 Å². The van der Waals surface area contributed by atoms with Crippen molar-refractivity contribution in [2.45, 2.75) is 25.4 Å². The number of methoxy groups -OCH3 is 1. The van der Waals surface area contributed by atoms with Crippen molar-refractivity contribution in [1.82, 2.24) is 4.90 Å². The summed E-state index contributed by atoms with van der Waals surface area (Å²) in [5.74, 6) is 0.833. The van der Waals surface area contributed by atoms with Crippen LogP contribution in [0.3, 0.4) is 0 Å². The van der Waals surface area contributed by atoms with E-state index in [2.05, 4.69) is 12.1 Å². The first-order valence-electron chi connectivity index (χ1n) is 7.93. The molecule has 0 atom stereocenters. The van der Waals surface area contributed by atoms with Crippen molar-refractivity contribution in [1.29, 1.82) is 0 Å². The molecule has 2 aromatic carbocycles. The fraction of sp³-hybridized carbons (Fsp3) is 0.250. The zero-order valence-corrected chi connectivity index (χ0v) is 13.3. The summed E-state index contributed by atoms with van der Waals surface area (Å²) in [5.41, 5.74) is 2.08. The summed E-state index contributed by atoms with van der Waals surface area (Å²) in [6.45, 7) is 0.667. The molecule has 2 aromatic rings. The molecule has 1 fully saturated rings. The van der Waals surface area contributed by atoms with E-state index in [1.807, 2.05) is 53.4 Å². The molecule has 1 amide bonds. The van der Waals surface area contributed by atoms with Gasteiger partial charge in [0.1, 0.15) is 5.75 Å². The van der Waals surface area contributed by atoms with Crippen LogP contribution in [0.2, 0.25) is 0 Å². The van der Waals surface area contributed by atoms with Crippen LogP contribution in [0.25, 0.3) is 6.08 Å². The number of benzene rings is 2. The number of amides is 1. The first-order valence-corrected chi connectivity index (χ1v) is 7.93. The van der Waals surface area contributed by atoms with E-state index < -0.39 is 0 Å². The van der Waals surface area contributed by atoms with Crippen LogP contribution >= 0.6 is 0 Å². The van der Waals surface area contributed by atoms with Gasteiger partial charge in [0.05, 0.1) is 7.11 Å². The predicted molar refractivity (Wildman–Crippen MR) is 92.0 cm³/mol. The minimum Gasteiger partial charge on any atom is -0.496 e. The summed E-state index contributed by atoms with van der Waals surface area (Å²) in [4.78, 5) is 14.6. The lowest BCUT2D eigenvalue weighted by molar-refractivity contribution is -0.127. The zero-order valence-electron chi connectivity index (χ0n) is 13.3. The highest BCUT2D eigenvalue weighted by Crippen LogP contribution is 2.29. The highest BCUT2D eigenvalue weighted by atomic mass is 16.5. The molecule has 0 saturated heterocycles. The van der Waals surface area contributed by atoms with Gasteiger partial charge in [-0.25, -0.2) is 0 Å². The average Bonchev–Trinajstić information content (AvgIpc) is 3.43. The normalized spacial score (nSPS) is 14.0. The highest BCUT2D eigenvalue weighted by molar-refractivity contribution is 5.92. The van der Waals surface area contributed by atoms with E-state index >= 15 is 0 Å². The van der Waals surface area contributed by atoms with Gasteiger partial charge in [-0.05, 0) is 30.5 Å². The van der Waals surface area contributed by atoms with E-state index in [0.717, 1.165) is 24.2 Å². The van der Waals surface area contributed by atoms with Crippen molar-refractivity contribution in [3.05, 3.63) is 71.8 Å². The van der Waals surface area contributed by atoms with Gasteiger partial charge in [-0.1, -0.05) is 48.5 Å². The molecule has 1 aliphatic rings. The number of nitrogens with zero attached hydrogens (tertiary/aromatic N) is 1. The van der Waals surface area contributed by atoms with Crippen LogP contribution in [0.4, 0.5) is 0 Å². The average molecular weight is 307 g/mol. The summed E-state index contributed by atoms with van der Waals surface area (Å²) in [6, 6.07) is 18.2. The van der Waals surface area contributed by atoms with Crippen molar-refractivity contribution in [3.8, 4) is 5.75 Å². The molecule has 1 saturated carbocycles. The SMILES string of the molecule is COc1ccccc1/C=C/C(=O)N(Cc1ccccc1)C1CC1. The maximum absolute atomic E-state index is 12.6. The first kappa shape index (κ1) is 15.3. The van der Waals surface area contributed by atoms with Crippen LogP contribution in [-0.4, -0.2) is 24.0 Å². The Morgan fingerprint density at radius 1 is 1.13 bits per heavy atom. The number of ether oxygens (including phenoxy) is 1. The molecule has 118 valence electrons. The Bertz CT molecular complexity index is 690. The fourth-order valence-electron chi connectivity index (χ4n) is 2.61. The number of rotatable bonds is 6. The predicted octanol–water partition coefficient (Wildman–Crippen LogP) is 3.90. The number of hydrogen-bond donors (Lipinski definition) is 0. The summed E-state index contributed by atoms with van der Waals surface area (Å²) in [6.07, 6.45) is 5.68. The van der Waals surface area contributed by atoms with E-state index in [9.17, 15) is 4.79 Å². The standard InChI is InChI=1S/C20H21NO2/c1-23-19-10-6-5-9-17(19)11-14-20(22)21(18-12-13-18)15-16-7-3-2-4-8-16/h2-11,14,18H,12-13,15H2,1H3/b14-11+. The molecule has 0 N–H and O–H groups in total. The van der Waals surface area contributed by atoms with Gasteiger partial charge in [-0.3, -0.25) is 4.79 Å². The topological polar surface area (TPSA) is 29.5 Å². The molecule has 23 heavy (non-hydrogen) atoms. The lowest BCUT2D eigenvalue weighted by Gasteiger charge is -2.21. The van der Waals surface area contributed by atoms with E-state index in [1.165, 1.54) is 5.56 Å². The van der Waals surface area contributed by atoms with Crippen LogP contribution in [-0.2, 0) is 11.3 Å². The Balaban J connectivity index is 1.73. The van der Waals surface area contributed by atoms with Gasteiger partial charge >= 0.3 is 0 Å². The second kappa shape index (κ2) is 7.14. The van der Waals surface area contributed by atoms with Crippen LogP contribution in [0.1, 0.15) is 24.0 Å². The third kappa shape index (κ3) is 4.01. The summed E-state index contributed by atoms with van der Waals surface area (Å²) in [5, 5.41) is 0. The molecule has 3 nitrogen and oxygen atoms in total. The number of carbonyl (C=O) groups excluding carboxylic acids is 1. The first-order chi connectivity index (χ1) is 11.3. The van der Waals surface area contributed by atoms with Crippen molar-refractivity contribution in [3.63, 3.8) is 0 Å². The quantitative estimate of drug-likeness (QED) is 0.758. The second-order valence-corrected chi connectivity index (χ2v) is 5.76. The lowest BCUT2D eigenvalue weighted by atomic mass is 10.1. The second-order valence-electron chi connectivity index (χ2n) is 5.76. The molecular formula is C20H21NO2. The number of hydrogen-bond acceptors (Lipinski definition) is 2. The number of carbonyl (C=O) groups is 1. The molecule has 0 aliphatic heterocycles. The third-order valence-corrected chi connectivity index (χ3v) is 4.01. The molecule has 0 radical (unpaired) electrons. The van der Waals surface area contributed by atoms with Crippen LogP contribution in [0, 0.1) is 0 Å². The van der Waals surface area contributed by atoms with Crippen molar-refractivity contribution in [2.75, 3.05) is 7.11 Å². The van der Waals surface area contributed by atoms with E-state index in [0.29, 0.717) is 12.6 Å². The monoisotopic (exact) mass is 307 g/mol. The Morgan fingerprint density at radius 2 is 1.83 bits per heavy atom.